The molecule has 29 heavy (non-hydrogen) atoms. The van der Waals surface area contributed by atoms with Crippen LogP contribution < -0.4 is 14.8 Å². The van der Waals surface area contributed by atoms with Gasteiger partial charge in [-0.25, -0.2) is 0 Å². The molecule has 0 saturated carbocycles. The first kappa shape index (κ1) is 22.9. The summed E-state index contributed by atoms with van der Waals surface area (Å²) in [5.74, 6) is -0.668. The van der Waals surface area contributed by atoms with Crippen LogP contribution in [0.2, 0.25) is 0 Å². The number of halogens is 6. The summed E-state index contributed by atoms with van der Waals surface area (Å²) in [4.78, 5) is 12.1. The number of hydrogen-bond acceptors (Lipinski definition) is 4. The number of benzene rings is 1. The van der Waals surface area contributed by atoms with Gasteiger partial charge in [0.1, 0.15) is 0 Å². The standard InChI is InChI=1S/C17H17BrF5N3O3/c1-3-28-12-8-10(4-5-11(12)29-16(19)20)24-13(27)6-7-26-9(2)14(18)15(25-26)17(21,22)23/h4-5,8,16H,3,6-7H2,1-2H3,(H,24,27). The molecule has 2 aromatic rings. The first-order valence-electron chi connectivity index (χ1n) is 8.34. The maximum atomic E-state index is 12.9. The van der Waals surface area contributed by atoms with Crippen molar-refractivity contribution in [2.24, 2.45) is 0 Å². The molecule has 1 amide bonds. The molecule has 0 aliphatic heterocycles. The number of carbonyl (C=O) groups is 1. The topological polar surface area (TPSA) is 65.4 Å². The molecule has 6 nitrogen and oxygen atoms in total. The Morgan fingerprint density at radius 1 is 1.31 bits per heavy atom. The summed E-state index contributed by atoms with van der Waals surface area (Å²) >= 11 is 2.86. The van der Waals surface area contributed by atoms with E-state index in [1.807, 2.05) is 0 Å². The second kappa shape index (κ2) is 9.42. The zero-order valence-electron chi connectivity index (χ0n) is 15.3. The van der Waals surface area contributed by atoms with Crippen molar-refractivity contribution < 1.29 is 36.2 Å². The molecule has 12 heteroatoms. The minimum absolute atomic E-state index is 0.0206. The molecule has 160 valence electrons. The Bertz CT molecular complexity index is 871. The van der Waals surface area contributed by atoms with Crippen molar-refractivity contribution in [3.05, 3.63) is 34.1 Å². The van der Waals surface area contributed by atoms with Gasteiger partial charge in [0.05, 0.1) is 23.3 Å². The van der Waals surface area contributed by atoms with Crippen molar-refractivity contribution in [3.8, 4) is 11.5 Å². The average Bonchev–Trinajstić information content (AvgIpc) is 2.90. The lowest BCUT2D eigenvalue weighted by Crippen LogP contribution is -2.16. The Kier molecular flexibility index (Phi) is 7.44. The van der Waals surface area contributed by atoms with E-state index in [1.54, 1.807) is 6.92 Å². The van der Waals surface area contributed by atoms with Crippen LogP contribution in [0, 0.1) is 6.92 Å². The number of aryl methyl sites for hydroxylation is 1. The number of hydrogen-bond donors (Lipinski definition) is 1. The molecule has 1 heterocycles. The van der Waals surface area contributed by atoms with Crippen LogP contribution in [0.3, 0.4) is 0 Å². The molecule has 1 aromatic carbocycles. The third kappa shape index (κ3) is 6.05. The van der Waals surface area contributed by atoms with Crippen molar-refractivity contribution in [1.29, 1.82) is 0 Å². The fourth-order valence-electron chi connectivity index (χ4n) is 2.40. The number of aromatic nitrogens is 2. The molecule has 0 fully saturated rings. The zero-order chi connectivity index (χ0) is 21.8. The van der Waals surface area contributed by atoms with E-state index >= 15 is 0 Å². The quantitative estimate of drug-likeness (QED) is 0.534. The fourth-order valence-corrected chi connectivity index (χ4v) is 2.91. The van der Waals surface area contributed by atoms with Gasteiger partial charge in [-0.15, -0.1) is 0 Å². The third-order valence-corrected chi connectivity index (χ3v) is 4.65. The lowest BCUT2D eigenvalue weighted by Gasteiger charge is -2.13. The second-order valence-corrected chi connectivity index (χ2v) is 6.53. The summed E-state index contributed by atoms with van der Waals surface area (Å²) in [5.41, 5.74) is -0.571. The van der Waals surface area contributed by atoms with E-state index in [4.69, 9.17) is 4.74 Å². The molecule has 1 aromatic heterocycles. The smallest absolute Gasteiger partial charge is 0.436 e. The van der Waals surface area contributed by atoms with E-state index in [0.717, 1.165) is 4.68 Å². The van der Waals surface area contributed by atoms with Gasteiger partial charge in [-0.05, 0) is 41.9 Å². The summed E-state index contributed by atoms with van der Waals surface area (Å²) in [5, 5.41) is 6.02. The van der Waals surface area contributed by atoms with Gasteiger partial charge in [0.2, 0.25) is 5.91 Å². The zero-order valence-corrected chi connectivity index (χ0v) is 16.9. The molecule has 0 aliphatic rings. The van der Waals surface area contributed by atoms with Crippen LogP contribution in [0.1, 0.15) is 24.7 Å². The van der Waals surface area contributed by atoms with Crippen molar-refractivity contribution in [2.75, 3.05) is 11.9 Å². The SMILES string of the molecule is CCOc1cc(NC(=O)CCn2nc(C(F)(F)F)c(Br)c2C)ccc1OC(F)F. The van der Waals surface area contributed by atoms with E-state index in [1.165, 1.54) is 25.1 Å². The van der Waals surface area contributed by atoms with Crippen LogP contribution in [-0.4, -0.2) is 28.9 Å². The summed E-state index contributed by atoms with van der Waals surface area (Å²) in [6.07, 6.45) is -4.78. The molecule has 0 aliphatic carbocycles. The fraction of sp³-hybridized carbons (Fsp3) is 0.412. The summed E-state index contributed by atoms with van der Waals surface area (Å²) in [7, 11) is 0. The molecule has 1 N–H and O–H groups in total. The predicted molar refractivity (Wildman–Crippen MR) is 97.2 cm³/mol. The van der Waals surface area contributed by atoms with E-state index in [-0.39, 0.29) is 46.9 Å². The molecule has 0 radical (unpaired) electrons. The number of ether oxygens (including phenoxy) is 2. The van der Waals surface area contributed by atoms with E-state index in [0.29, 0.717) is 0 Å². The van der Waals surface area contributed by atoms with Crippen LogP contribution in [0.5, 0.6) is 11.5 Å². The highest BCUT2D eigenvalue weighted by Gasteiger charge is 2.37. The van der Waals surface area contributed by atoms with Gasteiger partial charge in [-0.1, -0.05) is 0 Å². The molecule has 0 bridgehead atoms. The monoisotopic (exact) mass is 485 g/mol. The Morgan fingerprint density at radius 2 is 2.00 bits per heavy atom. The molecule has 2 rings (SSSR count). The second-order valence-electron chi connectivity index (χ2n) is 5.74. The van der Waals surface area contributed by atoms with Gasteiger partial charge in [-0.3, -0.25) is 9.48 Å². The van der Waals surface area contributed by atoms with Gasteiger partial charge < -0.3 is 14.8 Å². The van der Waals surface area contributed by atoms with E-state index in [9.17, 15) is 26.7 Å². The van der Waals surface area contributed by atoms with Gasteiger partial charge >= 0.3 is 12.8 Å². The maximum Gasteiger partial charge on any atom is 0.436 e. The number of nitrogens with one attached hydrogen (secondary N) is 1. The molecular formula is C17H17BrF5N3O3. The largest absolute Gasteiger partial charge is 0.490 e. The number of anilines is 1. The number of carbonyl (C=O) groups excluding carboxylic acids is 1. The molecule has 0 saturated heterocycles. The first-order valence-corrected chi connectivity index (χ1v) is 9.13. The van der Waals surface area contributed by atoms with Crippen molar-refractivity contribution in [2.45, 2.75) is 39.6 Å². The number of alkyl halides is 5. The number of amides is 1. The minimum atomic E-state index is -4.62. The summed E-state index contributed by atoms with van der Waals surface area (Å²) in [6.45, 7) is 0.161. The minimum Gasteiger partial charge on any atom is -0.490 e. The van der Waals surface area contributed by atoms with Gasteiger partial charge in [0.15, 0.2) is 17.2 Å². The predicted octanol–water partition coefficient (Wildman–Crippen LogP) is 5.00. The van der Waals surface area contributed by atoms with Gasteiger partial charge in [-0.2, -0.15) is 27.1 Å². The Morgan fingerprint density at radius 3 is 2.55 bits per heavy atom. The summed E-state index contributed by atoms with van der Waals surface area (Å²) in [6, 6.07) is 3.88. The van der Waals surface area contributed by atoms with Crippen LogP contribution in [-0.2, 0) is 17.5 Å². The van der Waals surface area contributed by atoms with Gasteiger partial charge in [0.25, 0.3) is 0 Å². The van der Waals surface area contributed by atoms with Gasteiger partial charge in [0, 0.05) is 18.2 Å². The Labute approximate surface area is 171 Å². The van der Waals surface area contributed by atoms with Crippen molar-refractivity contribution >= 4 is 27.5 Å². The van der Waals surface area contributed by atoms with Crippen LogP contribution in [0.15, 0.2) is 22.7 Å². The van der Waals surface area contributed by atoms with Crippen LogP contribution >= 0.6 is 15.9 Å². The highest BCUT2D eigenvalue weighted by molar-refractivity contribution is 9.10. The average molecular weight is 486 g/mol. The lowest BCUT2D eigenvalue weighted by molar-refractivity contribution is -0.142. The maximum absolute atomic E-state index is 12.9. The molecular weight excluding hydrogens is 469 g/mol. The van der Waals surface area contributed by atoms with Crippen LogP contribution in [0.25, 0.3) is 0 Å². The van der Waals surface area contributed by atoms with Crippen molar-refractivity contribution in [1.82, 2.24) is 9.78 Å². The Balaban J connectivity index is 2.05. The highest BCUT2D eigenvalue weighted by Crippen LogP contribution is 2.35. The van der Waals surface area contributed by atoms with E-state index < -0.39 is 24.4 Å². The Hall–Kier alpha value is -2.37. The van der Waals surface area contributed by atoms with Crippen LogP contribution in [0.4, 0.5) is 27.6 Å². The normalized spacial score (nSPS) is 11.6. The number of nitrogens with zero attached hydrogens (tertiary/aromatic N) is 2. The highest BCUT2D eigenvalue weighted by atomic mass is 79.9. The van der Waals surface area contributed by atoms with Crippen molar-refractivity contribution in [3.63, 3.8) is 0 Å². The third-order valence-electron chi connectivity index (χ3n) is 3.70. The summed E-state index contributed by atoms with van der Waals surface area (Å²) < 4.78 is 74.0. The molecule has 0 spiro atoms. The lowest BCUT2D eigenvalue weighted by atomic mass is 10.2. The molecule has 0 atom stereocenters. The number of rotatable bonds is 8. The molecule has 0 unspecified atom stereocenters. The van der Waals surface area contributed by atoms with E-state index in [2.05, 4.69) is 31.1 Å². The first-order chi connectivity index (χ1) is 13.5.